The molecule has 0 fully saturated rings. The van der Waals surface area contributed by atoms with Crippen molar-refractivity contribution in [1.82, 2.24) is 14.5 Å². The Morgan fingerprint density at radius 3 is 3.07 bits per heavy atom. The Hall–Kier alpha value is -1.90. The molecule has 4 rings (SSSR count). The van der Waals surface area contributed by atoms with Crippen molar-refractivity contribution in [3.05, 3.63) is 55.8 Å². The summed E-state index contributed by atoms with van der Waals surface area (Å²) in [4.78, 5) is 34.6. The van der Waals surface area contributed by atoms with E-state index in [1.165, 1.54) is 22.2 Å². The van der Waals surface area contributed by atoms with Gasteiger partial charge in [-0.15, -0.1) is 17.9 Å². The zero-order valence-electron chi connectivity index (χ0n) is 17.2. The number of thiophene rings is 2. The average Bonchev–Trinajstić information content (AvgIpc) is 3.35. The fourth-order valence-electron chi connectivity index (χ4n) is 3.79. The average molecular weight is 460 g/mol. The first-order chi connectivity index (χ1) is 14.5. The number of aryl methyl sites for hydroxylation is 1. The third-order valence-corrected chi connectivity index (χ3v) is 8.28. The molecule has 8 heteroatoms. The number of carbonyl (C=O) groups excluding carboxylic acids is 1. The maximum atomic E-state index is 13.3. The highest BCUT2D eigenvalue weighted by Gasteiger charge is 2.25. The van der Waals surface area contributed by atoms with Crippen LogP contribution in [0, 0.1) is 5.92 Å². The van der Waals surface area contributed by atoms with Crippen LogP contribution >= 0.6 is 34.4 Å². The lowest BCUT2D eigenvalue weighted by Gasteiger charge is -2.18. The molecule has 1 atom stereocenters. The number of thioether (sulfide) groups is 1. The maximum Gasteiger partial charge on any atom is 0.263 e. The van der Waals surface area contributed by atoms with E-state index in [1.54, 1.807) is 38.2 Å². The zero-order valence-corrected chi connectivity index (χ0v) is 19.7. The van der Waals surface area contributed by atoms with E-state index in [0.29, 0.717) is 24.2 Å². The fraction of sp³-hybridized carbons (Fsp3) is 0.409. The van der Waals surface area contributed by atoms with E-state index in [0.717, 1.165) is 35.0 Å². The Morgan fingerprint density at radius 1 is 1.50 bits per heavy atom. The van der Waals surface area contributed by atoms with Crippen LogP contribution in [-0.2, 0) is 30.7 Å². The van der Waals surface area contributed by atoms with Crippen LogP contribution in [0.25, 0.3) is 10.2 Å². The highest BCUT2D eigenvalue weighted by molar-refractivity contribution is 7.99. The molecule has 1 aliphatic rings. The van der Waals surface area contributed by atoms with E-state index in [-0.39, 0.29) is 17.2 Å². The summed E-state index contributed by atoms with van der Waals surface area (Å²) in [6.45, 7) is 7.04. The number of hydrogen-bond donors (Lipinski definition) is 0. The van der Waals surface area contributed by atoms with Crippen LogP contribution < -0.4 is 5.56 Å². The summed E-state index contributed by atoms with van der Waals surface area (Å²) in [6.07, 6.45) is 4.79. The highest BCUT2D eigenvalue weighted by atomic mass is 32.2. The molecule has 0 aliphatic heterocycles. The molecule has 0 saturated carbocycles. The van der Waals surface area contributed by atoms with Crippen molar-refractivity contribution in [2.75, 3.05) is 12.8 Å². The molecule has 0 aromatic carbocycles. The summed E-state index contributed by atoms with van der Waals surface area (Å²) >= 11 is 4.60. The first-order valence-corrected chi connectivity index (χ1v) is 12.8. The molecule has 1 amide bonds. The number of aromatic nitrogens is 2. The molecule has 30 heavy (non-hydrogen) atoms. The van der Waals surface area contributed by atoms with Gasteiger partial charge in [-0.1, -0.05) is 24.8 Å². The van der Waals surface area contributed by atoms with Gasteiger partial charge in [0.25, 0.3) is 5.56 Å². The summed E-state index contributed by atoms with van der Waals surface area (Å²) in [5, 5.41) is 5.43. The summed E-state index contributed by atoms with van der Waals surface area (Å²) in [6, 6.07) is 2.03. The first kappa shape index (κ1) is 21.3. The maximum absolute atomic E-state index is 13.3. The Kier molecular flexibility index (Phi) is 6.46. The Balaban J connectivity index is 1.60. The lowest BCUT2D eigenvalue weighted by atomic mass is 9.89. The molecule has 0 bridgehead atoms. The number of rotatable bonds is 7. The van der Waals surface area contributed by atoms with Crippen LogP contribution in [0.2, 0.25) is 0 Å². The normalized spacial score (nSPS) is 15.9. The topological polar surface area (TPSA) is 55.2 Å². The van der Waals surface area contributed by atoms with E-state index < -0.39 is 0 Å². The van der Waals surface area contributed by atoms with Gasteiger partial charge in [-0.25, -0.2) is 4.98 Å². The summed E-state index contributed by atoms with van der Waals surface area (Å²) in [5.41, 5.74) is 2.31. The molecule has 1 unspecified atom stereocenters. The summed E-state index contributed by atoms with van der Waals surface area (Å²) in [5.74, 6) is 0.911. The van der Waals surface area contributed by atoms with E-state index in [2.05, 4.69) is 13.5 Å². The molecular weight excluding hydrogens is 434 g/mol. The minimum atomic E-state index is -0.00599. The van der Waals surface area contributed by atoms with Gasteiger partial charge in [0.2, 0.25) is 5.91 Å². The number of carbonyl (C=O) groups is 1. The molecule has 0 radical (unpaired) electrons. The van der Waals surface area contributed by atoms with Crippen molar-refractivity contribution in [3.8, 4) is 0 Å². The fourth-order valence-corrected chi connectivity index (χ4v) is 6.82. The highest BCUT2D eigenvalue weighted by Crippen LogP contribution is 2.36. The van der Waals surface area contributed by atoms with Gasteiger partial charge in [0.05, 0.1) is 11.1 Å². The SMILES string of the molecule is C=CCn1c(SCC(=O)N(C)Cc2ccsc2)nc2sc3c(c2c1=O)CCC(C)C3. The first-order valence-electron chi connectivity index (χ1n) is 10.0. The van der Waals surface area contributed by atoms with E-state index in [4.69, 9.17) is 4.98 Å². The van der Waals surface area contributed by atoms with Crippen LogP contribution in [0.5, 0.6) is 0 Å². The molecule has 1 aliphatic carbocycles. The second-order valence-electron chi connectivity index (χ2n) is 7.80. The minimum Gasteiger partial charge on any atom is -0.341 e. The largest absolute Gasteiger partial charge is 0.341 e. The molecule has 3 aromatic heterocycles. The molecule has 3 aromatic rings. The van der Waals surface area contributed by atoms with Gasteiger partial charge in [0.15, 0.2) is 5.16 Å². The molecule has 5 nitrogen and oxygen atoms in total. The molecular formula is C22H25N3O2S3. The van der Waals surface area contributed by atoms with Gasteiger partial charge in [0, 0.05) is 25.0 Å². The van der Waals surface area contributed by atoms with Crippen LogP contribution in [-0.4, -0.2) is 33.2 Å². The predicted molar refractivity (Wildman–Crippen MR) is 127 cm³/mol. The number of fused-ring (bicyclic) bond motifs is 3. The minimum absolute atomic E-state index is 0.00599. The van der Waals surface area contributed by atoms with Gasteiger partial charge in [-0.2, -0.15) is 11.3 Å². The lowest BCUT2D eigenvalue weighted by molar-refractivity contribution is -0.127. The van der Waals surface area contributed by atoms with Gasteiger partial charge < -0.3 is 4.90 Å². The van der Waals surface area contributed by atoms with E-state index in [1.807, 2.05) is 23.9 Å². The third-order valence-electron chi connectivity index (χ3n) is 5.44. The van der Waals surface area contributed by atoms with Gasteiger partial charge in [-0.3, -0.25) is 14.2 Å². The van der Waals surface area contributed by atoms with Crippen molar-refractivity contribution in [1.29, 1.82) is 0 Å². The van der Waals surface area contributed by atoms with Crippen LogP contribution in [0.1, 0.15) is 29.3 Å². The Morgan fingerprint density at radius 2 is 2.33 bits per heavy atom. The van der Waals surface area contributed by atoms with Crippen LogP contribution in [0.4, 0.5) is 0 Å². The van der Waals surface area contributed by atoms with Crippen molar-refractivity contribution < 1.29 is 4.79 Å². The van der Waals surface area contributed by atoms with Crippen LogP contribution in [0.3, 0.4) is 0 Å². The second-order valence-corrected chi connectivity index (χ2v) is 10.6. The number of nitrogens with zero attached hydrogens (tertiary/aromatic N) is 3. The standard InChI is InChI=1S/C22H25N3O2S3/c1-4-8-25-21(27)19-16-6-5-14(2)10-17(16)30-20(19)23-22(25)29-13-18(26)24(3)11-15-7-9-28-12-15/h4,7,9,12,14H,1,5-6,8,10-11,13H2,2-3H3. The molecule has 0 saturated heterocycles. The van der Waals surface area contributed by atoms with E-state index >= 15 is 0 Å². The van der Waals surface area contributed by atoms with Gasteiger partial charge >= 0.3 is 0 Å². The second kappa shape index (κ2) is 9.08. The molecule has 0 N–H and O–H groups in total. The summed E-state index contributed by atoms with van der Waals surface area (Å²) < 4.78 is 1.66. The molecule has 0 spiro atoms. The monoisotopic (exact) mass is 459 g/mol. The Bertz CT molecular complexity index is 1130. The Labute approximate surface area is 188 Å². The molecule has 3 heterocycles. The van der Waals surface area contributed by atoms with Crippen LogP contribution in [0.15, 0.2) is 39.4 Å². The quantitative estimate of drug-likeness (QED) is 0.295. The van der Waals surface area contributed by atoms with Crippen molar-refractivity contribution in [2.45, 2.75) is 44.4 Å². The smallest absolute Gasteiger partial charge is 0.263 e. The lowest BCUT2D eigenvalue weighted by Crippen LogP contribution is -2.28. The van der Waals surface area contributed by atoms with Crippen molar-refractivity contribution in [3.63, 3.8) is 0 Å². The summed E-state index contributed by atoms with van der Waals surface area (Å²) in [7, 11) is 1.81. The van der Waals surface area contributed by atoms with Crippen molar-refractivity contribution in [2.24, 2.45) is 5.92 Å². The van der Waals surface area contributed by atoms with Gasteiger partial charge in [-0.05, 0) is 53.1 Å². The number of hydrogen-bond acceptors (Lipinski definition) is 6. The third kappa shape index (κ3) is 4.26. The number of amides is 1. The predicted octanol–water partition coefficient (Wildman–Crippen LogP) is 4.58. The van der Waals surface area contributed by atoms with Crippen molar-refractivity contribution >= 4 is 50.6 Å². The molecule has 158 valence electrons. The zero-order chi connectivity index (χ0) is 21.3. The van der Waals surface area contributed by atoms with Gasteiger partial charge in [0.1, 0.15) is 4.83 Å². The number of allylic oxidation sites excluding steroid dienone is 1. The van der Waals surface area contributed by atoms with E-state index in [9.17, 15) is 9.59 Å².